The lowest BCUT2D eigenvalue weighted by Gasteiger charge is -2.16. The zero-order valence-electron chi connectivity index (χ0n) is 10.0. The molecular weight excluding hydrogens is 205 g/mol. The van der Waals surface area contributed by atoms with Crippen LogP contribution in [0.2, 0.25) is 0 Å². The molecule has 3 nitrogen and oxygen atoms in total. The quantitative estimate of drug-likeness (QED) is 0.715. The highest BCUT2D eigenvalue weighted by Crippen LogP contribution is 2.00. The van der Waals surface area contributed by atoms with Crippen LogP contribution >= 0.6 is 0 Å². The van der Waals surface area contributed by atoms with Gasteiger partial charge in [-0.05, 0) is 32.1 Å². The van der Waals surface area contributed by atoms with E-state index in [1.54, 1.807) is 6.07 Å². The van der Waals surface area contributed by atoms with E-state index in [0.29, 0.717) is 0 Å². The number of likely N-dealkylation sites (N-methyl/N-ethyl adjacent to an activating group) is 1. The Morgan fingerprint density at radius 3 is 2.81 bits per heavy atom. The third-order valence-corrected chi connectivity index (χ3v) is 2.32. The maximum Gasteiger partial charge on any atom is 0.141 e. The first-order valence-electron chi connectivity index (χ1n) is 5.72. The Morgan fingerprint density at radius 2 is 2.19 bits per heavy atom. The summed E-state index contributed by atoms with van der Waals surface area (Å²) in [4.78, 5) is 6.20. The molecule has 0 atom stereocenters. The topological polar surface area (TPSA) is 28.2 Å². The molecule has 4 heteroatoms. The zero-order valence-corrected chi connectivity index (χ0v) is 10.0. The molecule has 16 heavy (non-hydrogen) atoms. The number of hydrogen-bond donors (Lipinski definition) is 1. The summed E-state index contributed by atoms with van der Waals surface area (Å²) in [6.07, 6.45) is 2.42. The van der Waals surface area contributed by atoms with E-state index in [2.05, 4.69) is 22.1 Å². The van der Waals surface area contributed by atoms with Crippen molar-refractivity contribution >= 4 is 0 Å². The van der Waals surface area contributed by atoms with Crippen LogP contribution in [-0.2, 0) is 6.54 Å². The number of halogens is 1. The predicted molar refractivity (Wildman–Crippen MR) is 63.7 cm³/mol. The Hall–Kier alpha value is -1.00. The Kier molecular flexibility index (Phi) is 5.96. The molecule has 0 aliphatic rings. The third kappa shape index (κ3) is 5.19. The molecule has 0 bridgehead atoms. The van der Waals surface area contributed by atoms with E-state index in [1.807, 2.05) is 7.05 Å². The van der Waals surface area contributed by atoms with Crippen LogP contribution in [0.3, 0.4) is 0 Å². The van der Waals surface area contributed by atoms with Crippen molar-refractivity contribution in [3.05, 3.63) is 29.8 Å². The second kappa shape index (κ2) is 7.30. The lowest BCUT2D eigenvalue weighted by molar-refractivity contribution is 0.320. The fourth-order valence-electron chi connectivity index (χ4n) is 1.43. The van der Waals surface area contributed by atoms with E-state index >= 15 is 0 Å². The molecule has 1 N–H and O–H groups in total. The maximum atomic E-state index is 12.6. The highest BCUT2D eigenvalue weighted by molar-refractivity contribution is 5.04. The van der Waals surface area contributed by atoms with Crippen LogP contribution in [0.1, 0.15) is 19.0 Å². The molecule has 1 aromatic heterocycles. The van der Waals surface area contributed by atoms with Crippen molar-refractivity contribution in [3.63, 3.8) is 0 Å². The van der Waals surface area contributed by atoms with Gasteiger partial charge in [0.2, 0.25) is 0 Å². The first kappa shape index (κ1) is 13.1. The first-order valence-corrected chi connectivity index (χ1v) is 5.72. The van der Waals surface area contributed by atoms with Crippen molar-refractivity contribution in [3.8, 4) is 0 Å². The highest BCUT2D eigenvalue weighted by atomic mass is 19.1. The van der Waals surface area contributed by atoms with Gasteiger partial charge in [0, 0.05) is 19.6 Å². The van der Waals surface area contributed by atoms with Gasteiger partial charge in [0.1, 0.15) is 5.82 Å². The third-order valence-electron chi connectivity index (χ3n) is 2.32. The average molecular weight is 225 g/mol. The number of aromatic nitrogens is 1. The number of rotatable bonds is 7. The maximum absolute atomic E-state index is 12.6. The molecule has 0 fully saturated rings. The van der Waals surface area contributed by atoms with Gasteiger partial charge < -0.3 is 5.32 Å². The highest BCUT2D eigenvalue weighted by Gasteiger charge is 2.01. The first-order chi connectivity index (χ1) is 7.72. The van der Waals surface area contributed by atoms with E-state index in [-0.39, 0.29) is 5.82 Å². The molecular formula is C12H20FN3. The summed E-state index contributed by atoms with van der Waals surface area (Å²) in [5, 5.41) is 3.34. The van der Waals surface area contributed by atoms with Gasteiger partial charge in [0.25, 0.3) is 0 Å². The van der Waals surface area contributed by atoms with Gasteiger partial charge in [-0.2, -0.15) is 0 Å². The molecule has 1 rings (SSSR count). The minimum Gasteiger partial charge on any atom is -0.315 e. The van der Waals surface area contributed by atoms with Crippen molar-refractivity contribution < 1.29 is 4.39 Å². The number of pyridine rings is 1. The molecule has 0 aromatic carbocycles. The molecule has 0 unspecified atom stereocenters. The van der Waals surface area contributed by atoms with E-state index in [1.165, 1.54) is 12.3 Å². The Balaban J connectivity index is 2.23. The number of hydrogen-bond acceptors (Lipinski definition) is 3. The molecule has 0 amide bonds. The van der Waals surface area contributed by atoms with Gasteiger partial charge in [0.15, 0.2) is 0 Å². The van der Waals surface area contributed by atoms with Crippen LogP contribution in [0, 0.1) is 5.82 Å². The molecule has 0 aliphatic carbocycles. The van der Waals surface area contributed by atoms with Crippen LogP contribution in [0.25, 0.3) is 0 Å². The fourth-order valence-corrected chi connectivity index (χ4v) is 1.43. The van der Waals surface area contributed by atoms with Crippen LogP contribution in [0.4, 0.5) is 4.39 Å². The Bertz CT molecular complexity index is 287. The van der Waals surface area contributed by atoms with Gasteiger partial charge in [0.05, 0.1) is 11.9 Å². The number of nitrogens with one attached hydrogen (secondary N) is 1. The molecule has 0 saturated carbocycles. The number of nitrogens with zero attached hydrogens (tertiary/aromatic N) is 2. The van der Waals surface area contributed by atoms with E-state index in [0.717, 1.165) is 38.3 Å². The van der Waals surface area contributed by atoms with Crippen molar-refractivity contribution in [2.24, 2.45) is 0 Å². The van der Waals surface area contributed by atoms with Gasteiger partial charge in [-0.25, -0.2) is 4.39 Å². The van der Waals surface area contributed by atoms with E-state index < -0.39 is 0 Å². The van der Waals surface area contributed by atoms with Crippen LogP contribution in [-0.4, -0.2) is 36.6 Å². The van der Waals surface area contributed by atoms with Crippen molar-refractivity contribution in [2.45, 2.75) is 19.9 Å². The van der Waals surface area contributed by atoms with Crippen molar-refractivity contribution in [2.75, 3.05) is 26.7 Å². The lowest BCUT2D eigenvalue weighted by atomic mass is 10.3. The van der Waals surface area contributed by atoms with Gasteiger partial charge >= 0.3 is 0 Å². The predicted octanol–water partition coefficient (Wildman–Crippen LogP) is 1.65. The molecule has 0 aliphatic heterocycles. The second-order valence-corrected chi connectivity index (χ2v) is 3.96. The van der Waals surface area contributed by atoms with Crippen molar-refractivity contribution in [1.82, 2.24) is 15.2 Å². The SMILES string of the molecule is CCCNCCN(C)Cc1ccc(F)cn1. The second-order valence-electron chi connectivity index (χ2n) is 3.96. The van der Waals surface area contributed by atoms with Crippen molar-refractivity contribution in [1.29, 1.82) is 0 Å². The van der Waals surface area contributed by atoms with Gasteiger partial charge in [-0.1, -0.05) is 6.92 Å². The molecule has 0 radical (unpaired) electrons. The summed E-state index contributed by atoms with van der Waals surface area (Å²) < 4.78 is 12.6. The van der Waals surface area contributed by atoms with E-state index in [9.17, 15) is 4.39 Å². The van der Waals surface area contributed by atoms with Crippen LogP contribution in [0.5, 0.6) is 0 Å². The molecule has 90 valence electrons. The minimum atomic E-state index is -0.281. The van der Waals surface area contributed by atoms with Crippen LogP contribution < -0.4 is 5.32 Å². The summed E-state index contributed by atoms with van der Waals surface area (Å²) in [6.45, 7) is 5.92. The zero-order chi connectivity index (χ0) is 11.8. The smallest absolute Gasteiger partial charge is 0.141 e. The fraction of sp³-hybridized carbons (Fsp3) is 0.583. The summed E-state index contributed by atoms with van der Waals surface area (Å²) in [6, 6.07) is 3.18. The summed E-state index contributed by atoms with van der Waals surface area (Å²) in [5.41, 5.74) is 0.902. The normalized spacial score (nSPS) is 11.0. The van der Waals surface area contributed by atoms with Gasteiger partial charge in [-0.3, -0.25) is 9.88 Å². The Labute approximate surface area is 96.7 Å². The van der Waals surface area contributed by atoms with E-state index in [4.69, 9.17) is 0 Å². The summed E-state index contributed by atoms with van der Waals surface area (Å²) in [5.74, 6) is -0.281. The standard InChI is InChI=1S/C12H20FN3/c1-3-6-14-7-8-16(2)10-12-5-4-11(13)9-15-12/h4-5,9,14H,3,6-8,10H2,1-2H3. The molecule has 1 heterocycles. The molecule has 0 spiro atoms. The lowest BCUT2D eigenvalue weighted by Crippen LogP contribution is -2.29. The molecule has 1 aromatic rings. The van der Waals surface area contributed by atoms with Gasteiger partial charge in [-0.15, -0.1) is 0 Å². The monoisotopic (exact) mass is 225 g/mol. The largest absolute Gasteiger partial charge is 0.315 e. The summed E-state index contributed by atoms with van der Waals surface area (Å²) >= 11 is 0. The Morgan fingerprint density at radius 1 is 1.38 bits per heavy atom. The average Bonchev–Trinajstić information content (AvgIpc) is 2.28. The minimum absolute atomic E-state index is 0.281. The molecule has 0 saturated heterocycles. The summed E-state index contributed by atoms with van der Waals surface area (Å²) in [7, 11) is 2.04. The van der Waals surface area contributed by atoms with Crippen LogP contribution in [0.15, 0.2) is 18.3 Å².